The van der Waals surface area contributed by atoms with E-state index in [9.17, 15) is 4.79 Å². The Morgan fingerprint density at radius 3 is 2.75 bits per heavy atom. The Labute approximate surface area is 145 Å². The zero-order valence-corrected chi connectivity index (χ0v) is 14.3. The summed E-state index contributed by atoms with van der Waals surface area (Å²) in [6.45, 7) is 2.72. The summed E-state index contributed by atoms with van der Waals surface area (Å²) in [6, 6.07) is 14.6. The smallest absolute Gasteiger partial charge is 0.274 e. The molecule has 1 aromatic carbocycles. The van der Waals surface area contributed by atoms with Gasteiger partial charge in [-0.2, -0.15) is 5.10 Å². The molecule has 0 atom stereocenters. The zero-order chi connectivity index (χ0) is 16.5. The SMILES string of the molecule is Cc1ccc(CN(C(=O)c2cc(-c3cccs3)[nH]n2)C2CC2)cc1. The topological polar surface area (TPSA) is 49.0 Å². The summed E-state index contributed by atoms with van der Waals surface area (Å²) < 4.78 is 0. The summed E-state index contributed by atoms with van der Waals surface area (Å²) in [4.78, 5) is 16.0. The second-order valence-corrected chi connectivity index (χ2v) is 7.24. The van der Waals surface area contributed by atoms with Crippen LogP contribution >= 0.6 is 11.3 Å². The van der Waals surface area contributed by atoms with Crippen LogP contribution in [0.4, 0.5) is 0 Å². The number of H-pyrrole nitrogens is 1. The van der Waals surface area contributed by atoms with E-state index >= 15 is 0 Å². The molecule has 0 saturated heterocycles. The van der Waals surface area contributed by atoms with Crippen molar-refractivity contribution < 1.29 is 4.79 Å². The van der Waals surface area contributed by atoms with Gasteiger partial charge in [-0.1, -0.05) is 35.9 Å². The lowest BCUT2D eigenvalue weighted by molar-refractivity contribution is 0.0724. The van der Waals surface area contributed by atoms with E-state index in [1.165, 1.54) is 5.56 Å². The first-order valence-corrected chi connectivity index (χ1v) is 9.04. The van der Waals surface area contributed by atoms with E-state index < -0.39 is 0 Å². The van der Waals surface area contributed by atoms with Gasteiger partial charge in [-0.3, -0.25) is 9.89 Å². The lowest BCUT2D eigenvalue weighted by atomic mass is 10.1. The number of nitrogens with one attached hydrogen (secondary N) is 1. The number of amides is 1. The van der Waals surface area contributed by atoms with E-state index in [0.29, 0.717) is 18.3 Å². The van der Waals surface area contributed by atoms with Crippen LogP contribution in [-0.4, -0.2) is 27.0 Å². The van der Waals surface area contributed by atoms with Gasteiger partial charge in [0.15, 0.2) is 5.69 Å². The Kier molecular flexibility index (Phi) is 3.94. The molecule has 1 saturated carbocycles. The average Bonchev–Trinajstić information content (AvgIpc) is 3.09. The van der Waals surface area contributed by atoms with Crippen molar-refractivity contribution in [2.24, 2.45) is 0 Å². The number of benzene rings is 1. The van der Waals surface area contributed by atoms with Crippen LogP contribution in [0.15, 0.2) is 47.8 Å². The van der Waals surface area contributed by atoms with Crippen LogP contribution in [0.5, 0.6) is 0 Å². The molecule has 0 unspecified atom stereocenters. The van der Waals surface area contributed by atoms with Gasteiger partial charge in [-0.05, 0) is 42.8 Å². The summed E-state index contributed by atoms with van der Waals surface area (Å²) in [5, 5.41) is 9.26. The number of hydrogen-bond acceptors (Lipinski definition) is 3. The van der Waals surface area contributed by atoms with Gasteiger partial charge in [0.1, 0.15) is 0 Å². The molecule has 0 spiro atoms. The molecule has 3 aromatic rings. The first-order valence-electron chi connectivity index (χ1n) is 8.16. The molecule has 5 heteroatoms. The van der Waals surface area contributed by atoms with E-state index in [2.05, 4.69) is 41.4 Å². The molecule has 1 amide bonds. The minimum Gasteiger partial charge on any atom is -0.330 e. The highest BCUT2D eigenvalue weighted by Gasteiger charge is 2.34. The van der Waals surface area contributed by atoms with Crippen molar-refractivity contribution >= 4 is 17.2 Å². The molecule has 1 aliphatic rings. The number of carbonyl (C=O) groups is 1. The number of aromatic amines is 1. The zero-order valence-electron chi connectivity index (χ0n) is 13.5. The molecule has 0 bridgehead atoms. The average molecular weight is 337 g/mol. The van der Waals surface area contributed by atoms with Crippen LogP contribution in [0, 0.1) is 6.92 Å². The summed E-state index contributed by atoms with van der Waals surface area (Å²) in [6.07, 6.45) is 2.17. The van der Waals surface area contributed by atoms with Gasteiger partial charge in [-0.15, -0.1) is 11.3 Å². The minimum absolute atomic E-state index is 0.0112. The number of carbonyl (C=O) groups excluding carboxylic acids is 1. The maximum absolute atomic E-state index is 12.9. The maximum Gasteiger partial charge on any atom is 0.274 e. The largest absolute Gasteiger partial charge is 0.330 e. The fourth-order valence-corrected chi connectivity index (χ4v) is 3.47. The molecule has 24 heavy (non-hydrogen) atoms. The van der Waals surface area contributed by atoms with Crippen LogP contribution in [0.1, 0.15) is 34.5 Å². The first kappa shape index (κ1) is 15.1. The highest BCUT2D eigenvalue weighted by molar-refractivity contribution is 7.13. The van der Waals surface area contributed by atoms with E-state index in [-0.39, 0.29) is 5.91 Å². The number of thiophene rings is 1. The molecule has 122 valence electrons. The molecule has 0 aliphatic heterocycles. The number of nitrogens with zero attached hydrogens (tertiary/aromatic N) is 2. The van der Waals surface area contributed by atoms with Gasteiger partial charge in [0.05, 0.1) is 10.6 Å². The molecule has 1 fully saturated rings. The Bertz CT molecular complexity index is 832. The van der Waals surface area contributed by atoms with Gasteiger partial charge in [0.2, 0.25) is 0 Å². The van der Waals surface area contributed by atoms with Crippen LogP contribution in [0.2, 0.25) is 0 Å². The Morgan fingerprint density at radius 1 is 1.29 bits per heavy atom. The molecule has 2 heterocycles. The fraction of sp³-hybridized carbons (Fsp3) is 0.263. The molecular formula is C19H19N3OS. The quantitative estimate of drug-likeness (QED) is 0.756. The van der Waals surface area contributed by atoms with Crippen molar-refractivity contribution in [3.8, 4) is 10.6 Å². The summed E-state index contributed by atoms with van der Waals surface area (Å²) >= 11 is 1.64. The Balaban J connectivity index is 1.55. The van der Waals surface area contributed by atoms with Crippen LogP contribution < -0.4 is 0 Å². The molecule has 2 aromatic heterocycles. The highest BCUT2D eigenvalue weighted by Crippen LogP contribution is 2.30. The van der Waals surface area contributed by atoms with Crippen molar-refractivity contribution in [2.75, 3.05) is 0 Å². The van der Waals surface area contributed by atoms with E-state index in [0.717, 1.165) is 29.0 Å². The monoisotopic (exact) mass is 337 g/mol. The normalized spacial score (nSPS) is 13.9. The van der Waals surface area contributed by atoms with Crippen LogP contribution in [0.3, 0.4) is 0 Å². The van der Waals surface area contributed by atoms with Crippen LogP contribution in [0.25, 0.3) is 10.6 Å². The van der Waals surface area contributed by atoms with Crippen molar-refractivity contribution in [1.29, 1.82) is 0 Å². The van der Waals surface area contributed by atoms with Gasteiger partial charge >= 0.3 is 0 Å². The Morgan fingerprint density at radius 2 is 2.08 bits per heavy atom. The van der Waals surface area contributed by atoms with Gasteiger partial charge in [0.25, 0.3) is 5.91 Å². The third kappa shape index (κ3) is 3.12. The van der Waals surface area contributed by atoms with Crippen LogP contribution in [-0.2, 0) is 6.54 Å². The van der Waals surface area contributed by atoms with Crippen molar-refractivity contribution in [3.05, 3.63) is 64.7 Å². The van der Waals surface area contributed by atoms with Crippen molar-refractivity contribution in [1.82, 2.24) is 15.1 Å². The summed E-state index contributed by atoms with van der Waals surface area (Å²) in [5.74, 6) is 0.0112. The van der Waals surface area contributed by atoms with Crippen molar-refractivity contribution in [3.63, 3.8) is 0 Å². The molecule has 4 nitrogen and oxygen atoms in total. The lowest BCUT2D eigenvalue weighted by Gasteiger charge is -2.21. The van der Waals surface area contributed by atoms with E-state index in [1.807, 2.05) is 28.5 Å². The van der Waals surface area contributed by atoms with E-state index in [1.54, 1.807) is 11.3 Å². The number of rotatable bonds is 5. The second kappa shape index (κ2) is 6.24. The number of aromatic nitrogens is 2. The Hall–Kier alpha value is -2.40. The molecule has 0 radical (unpaired) electrons. The predicted molar refractivity (Wildman–Crippen MR) is 96.0 cm³/mol. The molecular weight excluding hydrogens is 318 g/mol. The third-order valence-corrected chi connectivity index (χ3v) is 5.21. The van der Waals surface area contributed by atoms with Crippen molar-refractivity contribution in [2.45, 2.75) is 32.4 Å². The molecule has 4 rings (SSSR count). The second-order valence-electron chi connectivity index (χ2n) is 6.29. The minimum atomic E-state index is 0.0112. The molecule has 1 N–H and O–H groups in total. The standard InChI is InChI=1S/C19H19N3OS/c1-13-4-6-14(7-5-13)12-22(15-8-9-15)19(23)17-11-16(20-21-17)18-3-2-10-24-18/h2-7,10-11,15H,8-9,12H2,1H3,(H,20,21). The highest BCUT2D eigenvalue weighted by atomic mass is 32.1. The van der Waals surface area contributed by atoms with E-state index in [4.69, 9.17) is 0 Å². The van der Waals surface area contributed by atoms with Gasteiger partial charge in [-0.25, -0.2) is 0 Å². The fourth-order valence-electron chi connectivity index (χ4n) is 2.78. The molecule has 1 aliphatic carbocycles. The van der Waals surface area contributed by atoms with Gasteiger partial charge < -0.3 is 4.90 Å². The van der Waals surface area contributed by atoms with Gasteiger partial charge in [0, 0.05) is 12.6 Å². The number of hydrogen-bond donors (Lipinski definition) is 1. The maximum atomic E-state index is 12.9. The summed E-state index contributed by atoms with van der Waals surface area (Å²) in [7, 11) is 0. The third-order valence-electron chi connectivity index (χ3n) is 4.31. The number of aryl methyl sites for hydroxylation is 1. The predicted octanol–water partition coefficient (Wildman–Crippen LogP) is 4.25. The summed E-state index contributed by atoms with van der Waals surface area (Å²) in [5.41, 5.74) is 3.79. The first-order chi connectivity index (χ1) is 11.7. The lowest BCUT2D eigenvalue weighted by Crippen LogP contribution is -2.32.